The average Bonchev–Trinajstić information content (AvgIpc) is 3.14. The lowest BCUT2D eigenvalue weighted by Crippen LogP contribution is -2.48. The first kappa shape index (κ1) is 19.3. The smallest absolute Gasteiger partial charge is 0.298 e. The molecule has 2 heterocycles. The third kappa shape index (κ3) is 4.26. The minimum atomic E-state index is -0.477. The second-order valence-electron chi connectivity index (χ2n) is 5.92. The predicted octanol–water partition coefficient (Wildman–Crippen LogP) is 2.30. The van der Waals surface area contributed by atoms with Crippen LogP contribution in [-0.4, -0.2) is 54.1 Å². The van der Waals surface area contributed by atoms with Crippen LogP contribution in [0.4, 0.5) is 5.13 Å². The van der Waals surface area contributed by atoms with E-state index in [2.05, 4.69) is 16.7 Å². The summed E-state index contributed by atoms with van der Waals surface area (Å²) in [6.07, 6.45) is 2.02. The van der Waals surface area contributed by atoms with Gasteiger partial charge in [-0.3, -0.25) is 9.59 Å². The summed E-state index contributed by atoms with van der Waals surface area (Å²) in [7, 11) is 0. The molecular formula is C19H20N4O2S2. The number of nitrogens with zero attached hydrogens (tertiary/aromatic N) is 3. The van der Waals surface area contributed by atoms with Crippen LogP contribution in [0.3, 0.4) is 0 Å². The molecule has 0 aliphatic carbocycles. The zero-order valence-electron chi connectivity index (χ0n) is 15.2. The number of thioether (sulfide) groups is 1. The Morgan fingerprint density at radius 3 is 2.41 bits per heavy atom. The second kappa shape index (κ2) is 8.46. The molecule has 140 valence electrons. The molecule has 0 unspecified atom stereocenters. The molecule has 2 N–H and O–H groups in total. The van der Waals surface area contributed by atoms with Crippen LogP contribution >= 0.6 is 23.1 Å². The summed E-state index contributed by atoms with van der Waals surface area (Å²) in [6.45, 7) is 4.11. The van der Waals surface area contributed by atoms with Gasteiger partial charge in [0, 0.05) is 36.6 Å². The van der Waals surface area contributed by atoms with Crippen molar-refractivity contribution in [3.8, 4) is 23.1 Å². The number of benzene rings is 1. The van der Waals surface area contributed by atoms with Gasteiger partial charge in [0.2, 0.25) is 0 Å². The summed E-state index contributed by atoms with van der Waals surface area (Å²) in [4.78, 5) is 33.9. The molecule has 2 amide bonds. The van der Waals surface area contributed by atoms with Crippen LogP contribution in [-0.2, 0) is 4.79 Å². The number of primary amides is 1. The Kier molecular flexibility index (Phi) is 6.04. The number of hydrogen-bond acceptors (Lipinski definition) is 6. The first-order chi connectivity index (χ1) is 13.0. The molecule has 0 bridgehead atoms. The van der Waals surface area contributed by atoms with Crippen molar-refractivity contribution in [1.82, 2.24) is 9.88 Å². The molecule has 3 rings (SSSR count). The largest absolute Gasteiger partial charge is 0.365 e. The van der Waals surface area contributed by atoms with E-state index < -0.39 is 5.91 Å². The topological polar surface area (TPSA) is 79.5 Å². The maximum Gasteiger partial charge on any atom is 0.298 e. The summed E-state index contributed by atoms with van der Waals surface area (Å²) in [5.74, 6) is 4.58. The molecule has 2 aromatic rings. The second-order valence-corrected chi connectivity index (χ2v) is 7.78. The molecule has 1 aromatic carbocycles. The molecule has 1 fully saturated rings. The maximum absolute atomic E-state index is 11.9. The van der Waals surface area contributed by atoms with Gasteiger partial charge in [-0.1, -0.05) is 29.4 Å². The summed E-state index contributed by atoms with van der Waals surface area (Å²) in [6, 6.07) is 7.92. The van der Waals surface area contributed by atoms with Gasteiger partial charge in [-0.2, -0.15) is 0 Å². The molecule has 27 heavy (non-hydrogen) atoms. The van der Waals surface area contributed by atoms with Crippen LogP contribution < -0.4 is 10.6 Å². The van der Waals surface area contributed by atoms with Crippen LogP contribution in [0, 0.1) is 11.8 Å². The molecule has 1 saturated heterocycles. The van der Waals surface area contributed by atoms with Gasteiger partial charge < -0.3 is 15.5 Å². The van der Waals surface area contributed by atoms with E-state index in [0.717, 1.165) is 15.6 Å². The van der Waals surface area contributed by atoms with Crippen LogP contribution in [0.5, 0.6) is 0 Å². The SMILES string of the molecule is CC#CC(=O)N1CCN(c2nc(-c3ccc(SC)cc3)c(C(N)=O)s2)CC1. The van der Waals surface area contributed by atoms with Crippen LogP contribution in [0.2, 0.25) is 0 Å². The molecule has 1 aliphatic heterocycles. The highest BCUT2D eigenvalue weighted by Gasteiger charge is 2.25. The summed E-state index contributed by atoms with van der Waals surface area (Å²) >= 11 is 2.96. The van der Waals surface area contributed by atoms with Gasteiger partial charge in [0.15, 0.2) is 5.13 Å². The average molecular weight is 401 g/mol. The fraction of sp³-hybridized carbons (Fsp3) is 0.316. The molecule has 1 aliphatic rings. The van der Waals surface area contributed by atoms with Crippen molar-refractivity contribution < 1.29 is 9.59 Å². The Hall–Kier alpha value is -2.50. The fourth-order valence-corrected chi connectivity index (χ4v) is 4.24. The number of carbonyl (C=O) groups is 2. The number of anilines is 1. The molecule has 0 atom stereocenters. The Bertz CT molecular complexity index is 904. The van der Waals surface area contributed by atoms with E-state index in [0.29, 0.717) is 36.8 Å². The predicted molar refractivity (Wildman–Crippen MR) is 110 cm³/mol. The van der Waals surface area contributed by atoms with Crippen molar-refractivity contribution in [2.45, 2.75) is 11.8 Å². The molecule has 0 spiro atoms. The Labute approximate surface area is 166 Å². The zero-order chi connectivity index (χ0) is 19.4. The lowest BCUT2D eigenvalue weighted by molar-refractivity contribution is -0.125. The number of amides is 2. The van der Waals surface area contributed by atoms with Crippen molar-refractivity contribution >= 4 is 40.0 Å². The monoisotopic (exact) mass is 400 g/mol. The Morgan fingerprint density at radius 1 is 1.19 bits per heavy atom. The van der Waals surface area contributed by atoms with Crippen molar-refractivity contribution in [1.29, 1.82) is 0 Å². The number of aromatic nitrogens is 1. The van der Waals surface area contributed by atoms with E-state index >= 15 is 0 Å². The van der Waals surface area contributed by atoms with Gasteiger partial charge in [-0.25, -0.2) is 4.98 Å². The Balaban J connectivity index is 1.82. The number of piperazine rings is 1. The van der Waals surface area contributed by atoms with Gasteiger partial charge in [-0.05, 0) is 31.2 Å². The van der Waals surface area contributed by atoms with E-state index in [-0.39, 0.29) is 5.91 Å². The molecule has 0 radical (unpaired) electrons. The number of nitrogens with two attached hydrogens (primary N) is 1. The van der Waals surface area contributed by atoms with Crippen molar-refractivity contribution in [3.05, 3.63) is 29.1 Å². The molecular weight excluding hydrogens is 380 g/mol. The summed E-state index contributed by atoms with van der Waals surface area (Å²) in [5.41, 5.74) is 7.07. The number of carbonyl (C=O) groups excluding carboxylic acids is 2. The molecule has 1 aromatic heterocycles. The minimum Gasteiger partial charge on any atom is -0.365 e. The number of rotatable bonds is 4. The third-order valence-corrected chi connectivity index (χ3v) is 6.15. The highest BCUT2D eigenvalue weighted by molar-refractivity contribution is 7.98. The Morgan fingerprint density at radius 2 is 1.85 bits per heavy atom. The fourth-order valence-electron chi connectivity index (χ4n) is 2.84. The standard InChI is InChI=1S/C19H20N4O2S2/c1-3-4-15(24)22-9-11-23(12-10-22)19-21-16(17(27-19)18(20)25)13-5-7-14(26-2)8-6-13/h5-8H,9-12H2,1-2H3,(H2,20,25). The highest BCUT2D eigenvalue weighted by Crippen LogP contribution is 2.34. The first-order valence-corrected chi connectivity index (χ1v) is 10.5. The van der Waals surface area contributed by atoms with Crippen LogP contribution in [0.15, 0.2) is 29.2 Å². The zero-order valence-corrected chi connectivity index (χ0v) is 16.8. The van der Waals surface area contributed by atoms with E-state index in [9.17, 15) is 9.59 Å². The van der Waals surface area contributed by atoms with Crippen molar-refractivity contribution in [3.63, 3.8) is 0 Å². The molecule has 6 nitrogen and oxygen atoms in total. The number of thiazole rings is 1. The van der Waals surface area contributed by atoms with E-state index in [1.54, 1.807) is 23.6 Å². The summed E-state index contributed by atoms with van der Waals surface area (Å²) in [5, 5.41) is 0.751. The number of hydrogen-bond donors (Lipinski definition) is 1. The van der Waals surface area contributed by atoms with Crippen LogP contribution in [0.1, 0.15) is 16.6 Å². The van der Waals surface area contributed by atoms with Crippen molar-refractivity contribution in [2.75, 3.05) is 37.3 Å². The van der Waals surface area contributed by atoms with E-state index in [1.807, 2.05) is 30.5 Å². The normalized spacial score (nSPS) is 13.9. The van der Waals surface area contributed by atoms with Gasteiger partial charge in [0.1, 0.15) is 4.88 Å². The molecule has 0 saturated carbocycles. The maximum atomic E-state index is 11.9. The van der Waals surface area contributed by atoms with Gasteiger partial charge in [0.05, 0.1) is 5.69 Å². The lowest BCUT2D eigenvalue weighted by Gasteiger charge is -2.33. The van der Waals surface area contributed by atoms with E-state index in [4.69, 9.17) is 10.7 Å². The van der Waals surface area contributed by atoms with Gasteiger partial charge in [0.25, 0.3) is 11.8 Å². The van der Waals surface area contributed by atoms with Crippen LogP contribution in [0.25, 0.3) is 11.3 Å². The molecule has 8 heteroatoms. The van der Waals surface area contributed by atoms with Gasteiger partial charge in [-0.15, -0.1) is 11.8 Å². The van der Waals surface area contributed by atoms with E-state index in [1.165, 1.54) is 11.3 Å². The highest BCUT2D eigenvalue weighted by atomic mass is 32.2. The first-order valence-electron chi connectivity index (χ1n) is 8.45. The third-order valence-electron chi connectivity index (χ3n) is 4.27. The van der Waals surface area contributed by atoms with Crippen molar-refractivity contribution in [2.24, 2.45) is 5.73 Å². The summed E-state index contributed by atoms with van der Waals surface area (Å²) < 4.78 is 0. The van der Waals surface area contributed by atoms with Gasteiger partial charge >= 0.3 is 0 Å². The lowest BCUT2D eigenvalue weighted by atomic mass is 10.1. The minimum absolute atomic E-state index is 0.149. The quantitative estimate of drug-likeness (QED) is 0.629.